The summed E-state index contributed by atoms with van der Waals surface area (Å²) in [6.07, 6.45) is 3.00. The Balaban J connectivity index is 1.63. The van der Waals surface area contributed by atoms with E-state index in [0.29, 0.717) is 23.8 Å². The third-order valence-electron chi connectivity index (χ3n) is 4.90. The van der Waals surface area contributed by atoms with Gasteiger partial charge in [-0.15, -0.1) is 0 Å². The summed E-state index contributed by atoms with van der Waals surface area (Å²) in [5, 5.41) is 17.0. The number of nitrogens with one attached hydrogen (secondary N) is 1. The number of fused-ring (bicyclic) bond motifs is 1. The summed E-state index contributed by atoms with van der Waals surface area (Å²) in [5.74, 6) is 0.630. The van der Waals surface area contributed by atoms with Gasteiger partial charge >= 0.3 is 0 Å². The number of carbonyl (C=O) groups is 1. The topological polar surface area (TPSA) is 86.8 Å². The standard InChI is InChI=1S/C19H22N6O/c1-12-8-13(2)21-18(16(12)10-20)24-6-3-7-25-15(11-24)9-17(23-25)19(26)22-14-4-5-14/h8-9,14H,3-7,11H2,1-2H3,(H,22,26). The van der Waals surface area contributed by atoms with Crippen molar-refractivity contribution in [1.29, 1.82) is 5.26 Å². The van der Waals surface area contributed by atoms with Gasteiger partial charge in [0.1, 0.15) is 11.9 Å². The molecule has 0 radical (unpaired) electrons. The maximum atomic E-state index is 12.3. The van der Waals surface area contributed by atoms with E-state index in [1.807, 2.05) is 30.7 Å². The molecule has 26 heavy (non-hydrogen) atoms. The molecule has 7 nitrogen and oxygen atoms in total. The molecule has 0 saturated heterocycles. The van der Waals surface area contributed by atoms with Crippen LogP contribution in [0, 0.1) is 25.2 Å². The van der Waals surface area contributed by atoms with Crippen molar-refractivity contribution in [3.8, 4) is 6.07 Å². The summed E-state index contributed by atoms with van der Waals surface area (Å²) < 4.78 is 1.91. The van der Waals surface area contributed by atoms with Gasteiger partial charge in [-0.1, -0.05) is 0 Å². The fraction of sp³-hybridized carbons (Fsp3) is 0.474. The van der Waals surface area contributed by atoms with Crippen molar-refractivity contribution in [2.45, 2.75) is 52.2 Å². The van der Waals surface area contributed by atoms with Crippen LogP contribution in [0.2, 0.25) is 0 Å². The molecule has 1 aliphatic carbocycles. The maximum Gasteiger partial charge on any atom is 0.272 e. The number of amides is 1. The van der Waals surface area contributed by atoms with Crippen LogP contribution in [-0.4, -0.2) is 33.3 Å². The Morgan fingerprint density at radius 3 is 2.85 bits per heavy atom. The zero-order chi connectivity index (χ0) is 18.3. The highest BCUT2D eigenvalue weighted by atomic mass is 16.2. The predicted molar refractivity (Wildman–Crippen MR) is 96.8 cm³/mol. The summed E-state index contributed by atoms with van der Waals surface area (Å²) in [5.41, 5.74) is 3.92. The van der Waals surface area contributed by atoms with Crippen LogP contribution in [0.4, 0.5) is 5.82 Å². The number of aromatic nitrogens is 3. The summed E-state index contributed by atoms with van der Waals surface area (Å²) in [4.78, 5) is 19.0. The van der Waals surface area contributed by atoms with Crippen LogP contribution in [0.5, 0.6) is 0 Å². The fourth-order valence-corrected chi connectivity index (χ4v) is 3.43. The van der Waals surface area contributed by atoms with E-state index in [-0.39, 0.29) is 5.91 Å². The van der Waals surface area contributed by atoms with Gasteiger partial charge in [-0.25, -0.2) is 4.98 Å². The summed E-state index contributed by atoms with van der Waals surface area (Å²) >= 11 is 0. The summed E-state index contributed by atoms with van der Waals surface area (Å²) in [6.45, 7) is 6.04. The molecule has 1 aliphatic heterocycles. The number of anilines is 1. The quantitative estimate of drug-likeness (QED) is 0.916. The first kappa shape index (κ1) is 16.6. The first-order chi connectivity index (χ1) is 12.5. The van der Waals surface area contributed by atoms with Gasteiger partial charge in [0.05, 0.1) is 17.8 Å². The molecular weight excluding hydrogens is 328 g/mol. The van der Waals surface area contributed by atoms with E-state index < -0.39 is 0 Å². The van der Waals surface area contributed by atoms with E-state index in [1.165, 1.54) is 0 Å². The monoisotopic (exact) mass is 350 g/mol. The molecule has 134 valence electrons. The molecule has 0 aromatic carbocycles. The largest absolute Gasteiger partial charge is 0.350 e. The molecule has 1 fully saturated rings. The Labute approximate surface area is 152 Å². The van der Waals surface area contributed by atoms with Crippen LogP contribution in [-0.2, 0) is 13.1 Å². The predicted octanol–water partition coefficient (Wildman–Crippen LogP) is 2.07. The molecule has 0 bridgehead atoms. The molecule has 2 aromatic rings. The zero-order valence-corrected chi connectivity index (χ0v) is 15.1. The van der Waals surface area contributed by atoms with Gasteiger partial charge in [-0.2, -0.15) is 10.4 Å². The van der Waals surface area contributed by atoms with Crippen molar-refractivity contribution in [2.24, 2.45) is 0 Å². The van der Waals surface area contributed by atoms with Crippen molar-refractivity contribution in [3.05, 3.63) is 40.3 Å². The van der Waals surface area contributed by atoms with Crippen LogP contribution in [0.15, 0.2) is 12.1 Å². The minimum atomic E-state index is -0.0955. The highest BCUT2D eigenvalue weighted by Crippen LogP contribution is 2.26. The number of pyridine rings is 1. The van der Waals surface area contributed by atoms with E-state index in [2.05, 4.69) is 26.4 Å². The molecule has 3 heterocycles. The van der Waals surface area contributed by atoms with E-state index in [4.69, 9.17) is 0 Å². The molecule has 2 aliphatic rings. The van der Waals surface area contributed by atoms with E-state index in [9.17, 15) is 10.1 Å². The number of rotatable bonds is 3. The molecule has 2 aromatic heterocycles. The number of hydrogen-bond acceptors (Lipinski definition) is 5. The van der Waals surface area contributed by atoms with Gasteiger partial charge in [0.15, 0.2) is 5.69 Å². The summed E-state index contributed by atoms with van der Waals surface area (Å²) in [6, 6.07) is 6.41. The third-order valence-corrected chi connectivity index (χ3v) is 4.90. The Hall–Kier alpha value is -2.88. The average Bonchev–Trinajstić information content (AvgIpc) is 3.36. The second-order valence-corrected chi connectivity index (χ2v) is 7.16. The van der Waals surface area contributed by atoms with Gasteiger partial charge in [-0.05, 0) is 50.8 Å². The molecular formula is C19H22N6O. The SMILES string of the molecule is Cc1cc(C)c(C#N)c(N2CCCn3nc(C(=O)NC4CC4)cc3C2)n1. The first-order valence-electron chi connectivity index (χ1n) is 9.06. The van der Waals surface area contributed by atoms with Crippen LogP contribution in [0.25, 0.3) is 0 Å². The molecule has 0 unspecified atom stereocenters. The van der Waals surface area contributed by atoms with Crippen molar-refractivity contribution in [1.82, 2.24) is 20.1 Å². The normalized spacial score (nSPS) is 16.6. The van der Waals surface area contributed by atoms with Crippen LogP contribution < -0.4 is 10.2 Å². The lowest BCUT2D eigenvalue weighted by molar-refractivity contribution is 0.0945. The molecule has 0 atom stereocenters. The Morgan fingerprint density at radius 1 is 1.31 bits per heavy atom. The number of carbonyl (C=O) groups excluding carboxylic acids is 1. The zero-order valence-electron chi connectivity index (χ0n) is 15.1. The molecule has 0 spiro atoms. The molecule has 7 heteroatoms. The van der Waals surface area contributed by atoms with Crippen molar-refractivity contribution >= 4 is 11.7 Å². The highest BCUT2D eigenvalue weighted by Gasteiger charge is 2.27. The average molecular weight is 350 g/mol. The van der Waals surface area contributed by atoms with E-state index in [0.717, 1.165) is 55.1 Å². The minimum absolute atomic E-state index is 0.0955. The van der Waals surface area contributed by atoms with Crippen molar-refractivity contribution < 1.29 is 4.79 Å². The molecule has 1 N–H and O–H groups in total. The van der Waals surface area contributed by atoms with Crippen LogP contribution in [0.3, 0.4) is 0 Å². The van der Waals surface area contributed by atoms with Crippen molar-refractivity contribution in [2.75, 3.05) is 11.4 Å². The van der Waals surface area contributed by atoms with Crippen LogP contribution >= 0.6 is 0 Å². The molecule has 1 saturated carbocycles. The number of aryl methyl sites for hydroxylation is 3. The first-order valence-corrected chi connectivity index (χ1v) is 9.06. The maximum absolute atomic E-state index is 12.3. The number of nitriles is 1. The smallest absolute Gasteiger partial charge is 0.272 e. The van der Waals surface area contributed by atoms with Gasteiger partial charge in [0, 0.05) is 24.8 Å². The minimum Gasteiger partial charge on any atom is -0.350 e. The lowest BCUT2D eigenvalue weighted by Crippen LogP contribution is -2.26. The van der Waals surface area contributed by atoms with E-state index in [1.54, 1.807) is 0 Å². The Bertz CT molecular complexity index is 905. The molecule has 4 rings (SSSR count). The van der Waals surface area contributed by atoms with Gasteiger partial charge < -0.3 is 10.2 Å². The molecule has 1 amide bonds. The van der Waals surface area contributed by atoms with Gasteiger partial charge in [0.25, 0.3) is 5.91 Å². The summed E-state index contributed by atoms with van der Waals surface area (Å²) in [7, 11) is 0. The highest BCUT2D eigenvalue weighted by molar-refractivity contribution is 5.92. The lowest BCUT2D eigenvalue weighted by atomic mass is 10.1. The van der Waals surface area contributed by atoms with Crippen molar-refractivity contribution in [3.63, 3.8) is 0 Å². The second kappa shape index (κ2) is 6.45. The Morgan fingerprint density at radius 2 is 2.12 bits per heavy atom. The van der Waals surface area contributed by atoms with Crippen LogP contribution in [0.1, 0.15) is 52.3 Å². The third kappa shape index (κ3) is 3.15. The van der Waals surface area contributed by atoms with E-state index >= 15 is 0 Å². The fourth-order valence-electron chi connectivity index (χ4n) is 3.43. The van der Waals surface area contributed by atoms with Gasteiger partial charge in [0.2, 0.25) is 0 Å². The number of hydrogen-bond donors (Lipinski definition) is 1. The van der Waals surface area contributed by atoms with Gasteiger partial charge in [-0.3, -0.25) is 9.48 Å². The lowest BCUT2D eigenvalue weighted by Gasteiger charge is -2.23. The number of nitrogens with zero attached hydrogens (tertiary/aromatic N) is 5. The Kier molecular flexibility index (Phi) is 4.11. The second-order valence-electron chi connectivity index (χ2n) is 7.16.